The van der Waals surface area contributed by atoms with Gasteiger partial charge in [-0.3, -0.25) is 14.7 Å². The number of likely N-dealkylation sites (N-methyl/N-ethyl adjacent to an activating group) is 1. The minimum absolute atomic E-state index is 0.0337. The monoisotopic (exact) mass is 293 g/mol. The van der Waals surface area contributed by atoms with Gasteiger partial charge in [0.05, 0.1) is 6.54 Å². The summed E-state index contributed by atoms with van der Waals surface area (Å²) in [7, 11) is 1.73. The van der Waals surface area contributed by atoms with Gasteiger partial charge in [-0.05, 0) is 12.8 Å². The van der Waals surface area contributed by atoms with E-state index in [-0.39, 0.29) is 17.9 Å². The van der Waals surface area contributed by atoms with Gasteiger partial charge in [0.2, 0.25) is 11.8 Å². The Balaban J connectivity index is 2.05. The largest absolute Gasteiger partial charge is 0.336 e. The van der Waals surface area contributed by atoms with Crippen LogP contribution in [-0.4, -0.2) is 56.4 Å². The van der Waals surface area contributed by atoms with Gasteiger partial charge in [-0.1, -0.05) is 20.8 Å². The Bertz CT molecular complexity index is 506. The Morgan fingerprint density at radius 1 is 1.48 bits per heavy atom. The van der Waals surface area contributed by atoms with Crippen LogP contribution in [0.2, 0.25) is 0 Å². The zero-order chi connectivity index (χ0) is 15.6. The molecule has 0 aliphatic carbocycles. The summed E-state index contributed by atoms with van der Waals surface area (Å²) < 4.78 is 0. The first-order valence-corrected chi connectivity index (χ1v) is 7.21. The third-order valence-electron chi connectivity index (χ3n) is 3.67. The average Bonchev–Trinajstić information content (AvgIpc) is 3.06. The third-order valence-corrected chi connectivity index (χ3v) is 3.67. The van der Waals surface area contributed by atoms with Crippen molar-refractivity contribution >= 4 is 11.8 Å². The van der Waals surface area contributed by atoms with Crippen molar-refractivity contribution < 1.29 is 9.59 Å². The lowest BCUT2D eigenvalue weighted by atomic mass is 9.94. The van der Waals surface area contributed by atoms with E-state index in [1.54, 1.807) is 16.8 Å². The average molecular weight is 293 g/mol. The van der Waals surface area contributed by atoms with Gasteiger partial charge in [0.15, 0.2) is 0 Å². The molecule has 0 radical (unpaired) electrons. The molecule has 2 rings (SSSR count). The van der Waals surface area contributed by atoms with Crippen molar-refractivity contribution in [1.82, 2.24) is 25.0 Å². The number of carbonyl (C=O) groups is 2. The Labute approximate surface area is 124 Å². The van der Waals surface area contributed by atoms with Gasteiger partial charge in [-0.2, -0.15) is 5.10 Å². The Morgan fingerprint density at radius 3 is 2.76 bits per heavy atom. The normalized spacial score (nSPS) is 18.9. The zero-order valence-corrected chi connectivity index (χ0v) is 13.1. The molecule has 1 aliphatic heterocycles. The Hall–Kier alpha value is -1.92. The molecule has 0 spiro atoms. The quantitative estimate of drug-likeness (QED) is 0.893. The van der Waals surface area contributed by atoms with Gasteiger partial charge in [-0.25, -0.2) is 4.98 Å². The molecule has 1 saturated heterocycles. The molecule has 7 heteroatoms. The lowest BCUT2D eigenvalue weighted by Crippen LogP contribution is -2.49. The number of hydrogen-bond acceptors (Lipinski definition) is 4. The Kier molecular flexibility index (Phi) is 4.29. The molecule has 1 unspecified atom stereocenters. The van der Waals surface area contributed by atoms with Crippen LogP contribution in [0.3, 0.4) is 0 Å². The number of likely N-dealkylation sites (tertiary alicyclic amines) is 1. The summed E-state index contributed by atoms with van der Waals surface area (Å²) in [5.41, 5.74) is -0.466. The minimum atomic E-state index is -0.466. The first kappa shape index (κ1) is 15.5. The molecule has 1 fully saturated rings. The maximum atomic E-state index is 12.6. The highest BCUT2D eigenvalue weighted by atomic mass is 16.2. The van der Waals surface area contributed by atoms with Crippen molar-refractivity contribution in [2.45, 2.75) is 46.2 Å². The number of rotatable bonds is 3. The summed E-state index contributed by atoms with van der Waals surface area (Å²) >= 11 is 0. The summed E-state index contributed by atoms with van der Waals surface area (Å²) in [5, 5.41) is 6.51. The molecule has 2 heterocycles. The summed E-state index contributed by atoms with van der Waals surface area (Å²) in [6.45, 7) is 6.67. The van der Waals surface area contributed by atoms with Gasteiger partial charge in [0, 0.05) is 19.0 Å². The first-order chi connectivity index (χ1) is 9.80. The van der Waals surface area contributed by atoms with Crippen LogP contribution in [0.5, 0.6) is 0 Å². The predicted octanol–water partition coefficient (Wildman–Crippen LogP) is 0.800. The lowest BCUT2D eigenvalue weighted by Gasteiger charge is -2.32. The van der Waals surface area contributed by atoms with Crippen molar-refractivity contribution in [1.29, 1.82) is 0 Å². The van der Waals surface area contributed by atoms with Crippen LogP contribution < -0.4 is 0 Å². The maximum absolute atomic E-state index is 12.6. The van der Waals surface area contributed by atoms with Crippen LogP contribution in [0.1, 0.15) is 39.4 Å². The SMILES string of the molecule is CN(Cc1ncn[nH]1)C(=O)C1CCCN1C(=O)C(C)(C)C. The van der Waals surface area contributed by atoms with Crippen LogP contribution in [0.4, 0.5) is 0 Å². The summed E-state index contributed by atoms with van der Waals surface area (Å²) in [6.07, 6.45) is 3.01. The van der Waals surface area contributed by atoms with Gasteiger partial charge in [0.25, 0.3) is 0 Å². The first-order valence-electron chi connectivity index (χ1n) is 7.21. The molecule has 1 aliphatic rings. The van der Waals surface area contributed by atoms with E-state index in [0.717, 1.165) is 12.8 Å². The van der Waals surface area contributed by atoms with E-state index in [2.05, 4.69) is 15.2 Å². The van der Waals surface area contributed by atoms with Crippen LogP contribution in [0.25, 0.3) is 0 Å². The standard InChI is InChI=1S/C14H23N5O2/c1-14(2,3)13(21)19-7-5-6-10(19)12(20)18(4)8-11-15-9-16-17-11/h9-10H,5-8H2,1-4H3,(H,15,16,17). The van der Waals surface area contributed by atoms with Crippen molar-refractivity contribution in [3.05, 3.63) is 12.2 Å². The number of nitrogens with zero attached hydrogens (tertiary/aromatic N) is 4. The molecule has 1 aromatic heterocycles. The number of H-pyrrole nitrogens is 1. The highest BCUT2D eigenvalue weighted by Gasteiger charge is 2.39. The minimum Gasteiger partial charge on any atom is -0.336 e. The van der Waals surface area contributed by atoms with Gasteiger partial charge >= 0.3 is 0 Å². The number of hydrogen-bond donors (Lipinski definition) is 1. The number of carbonyl (C=O) groups excluding carboxylic acids is 2. The highest BCUT2D eigenvalue weighted by Crippen LogP contribution is 2.26. The van der Waals surface area contributed by atoms with Crippen LogP contribution >= 0.6 is 0 Å². The molecular weight excluding hydrogens is 270 g/mol. The van der Waals surface area contributed by atoms with E-state index >= 15 is 0 Å². The van der Waals surface area contributed by atoms with E-state index in [4.69, 9.17) is 0 Å². The smallest absolute Gasteiger partial charge is 0.245 e. The molecule has 21 heavy (non-hydrogen) atoms. The molecule has 2 amide bonds. The number of nitrogens with one attached hydrogen (secondary N) is 1. The third kappa shape index (κ3) is 3.40. The van der Waals surface area contributed by atoms with Gasteiger partial charge in [-0.15, -0.1) is 0 Å². The van der Waals surface area contributed by atoms with Crippen molar-refractivity contribution in [2.75, 3.05) is 13.6 Å². The van der Waals surface area contributed by atoms with Gasteiger partial charge < -0.3 is 9.80 Å². The molecule has 1 aromatic rings. The number of aromatic nitrogens is 3. The molecule has 1 atom stereocenters. The van der Waals surface area contributed by atoms with E-state index in [9.17, 15) is 9.59 Å². The topological polar surface area (TPSA) is 82.2 Å². The summed E-state index contributed by atoms with van der Waals surface area (Å²) in [4.78, 5) is 32.4. The van der Waals surface area contributed by atoms with Crippen LogP contribution in [-0.2, 0) is 16.1 Å². The molecule has 116 valence electrons. The molecule has 1 N–H and O–H groups in total. The lowest BCUT2D eigenvalue weighted by molar-refractivity contribution is -0.148. The van der Waals surface area contributed by atoms with Crippen molar-refractivity contribution in [2.24, 2.45) is 5.41 Å². The molecule has 0 aromatic carbocycles. The number of aromatic amines is 1. The second-order valence-electron chi connectivity index (χ2n) is 6.53. The van der Waals surface area contributed by atoms with E-state index < -0.39 is 5.41 Å². The number of amides is 2. The highest BCUT2D eigenvalue weighted by molar-refractivity contribution is 5.90. The zero-order valence-electron chi connectivity index (χ0n) is 13.1. The van der Waals surface area contributed by atoms with Crippen LogP contribution in [0, 0.1) is 5.41 Å². The molecule has 0 bridgehead atoms. The molecule has 7 nitrogen and oxygen atoms in total. The van der Waals surface area contributed by atoms with Crippen molar-refractivity contribution in [3.8, 4) is 0 Å². The van der Waals surface area contributed by atoms with E-state index in [0.29, 0.717) is 18.9 Å². The summed E-state index contributed by atoms with van der Waals surface area (Å²) in [5.74, 6) is 0.630. The fraction of sp³-hybridized carbons (Fsp3) is 0.714. The van der Waals surface area contributed by atoms with E-state index in [1.807, 2.05) is 20.8 Å². The second kappa shape index (κ2) is 5.83. The fourth-order valence-corrected chi connectivity index (χ4v) is 2.56. The summed E-state index contributed by atoms with van der Waals surface area (Å²) in [6, 6.07) is -0.357. The van der Waals surface area contributed by atoms with Crippen molar-refractivity contribution in [3.63, 3.8) is 0 Å². The van der Waals surface area contributed by atoms with E-state index in [1.165, 1.54) is 6.33 Å². The fourth-order valence-electron chi connectivity index (χ4n) is 2.56. The maximum Gasteiger partial charge on any atom is 0.245 e. The molecule has 0 saturated carbocycles. The Morgan fingerprint density at radius 2 is 2.19 bits per heavy atom. The van der Waals surface area contributed by atoms with Gasteiger partial charge in [0.1, 0.15) is 18.2 Å². The second-order valence-corrected chi connectivity index (χ2v) is 6.53. The van der Waals surface area contributed by atoms with Crippen LogP contribution in [0.15, 0.2) is 6.33 Å². The predicted molar refractivity (Wildman–Crippen MR) is 77.0 cm³/mol. The molecular formula is C14H23N5O2.